The molecule has 0 aliphatic rings. The Labute approximate surface area is 130 Å². The van der Waals surface area contributed by atoms with E-state index >= 15 is 0 Å². The monoisotopic (exact) mass is 305 g/mol. The lowest BCUT2D eigenvalue weighted by Crippen LogP contribution is -2.17. The van der Waals surface area contributed by atoms with Crippen LogP contribution in [0.25, 0.3) is 0 Å². The van der Waals surface area contributed by atoms with Crippen molar-refractivity contribution in [1.82, 2.24) is 5.32 Å². The lowest BCUT2D eigenvalue weighted by atomic mass is 10.2. The summed E-state index contributed by atoms with van der Waals surface area (Å²) in [4.78, 5) is 12.0. The summed E-state index contributed by atoms with van der Waals surface area (Å²) >= 11 is 6.00. The van der Waals surface area contributed by atoms with Crippen LogP contribution >= 0.6 is 11.6 Å². The van der Waals surface area contributed by atoms with Crippen molar-refractivity contribution in [3.8, 4) is 6.07 Å². The number of amides is 1. The maximum atomic E-state index is 12.0. The summed E-state index contributed by atoms with van der Waals surface area (Å²) in [5, 5.41) is 15.3. The molecule has 0 aliphatic heterocycles. The van der Waals surface area contributed by atoms with E-state index in [0.29, 0.717) is 10.7 Å². The zero-order valence-corrected chi connectivity index (χ0v) is 13.1. The highest BCUT2D eigenvalue weighted by Gasteiger charge is 2.11. The molecule has 0 saturated heterocycles. The summed E-state index contributed by atoms with van der Waals surface area (Å²) in [6, 6.07) is 7.16. The van der Waals surface area contributed by atoms with Gasteiger partial charge >= 0.3 is 0 Å². The molecule has 112 valence electrons. The molecule has 0 fully saturated rings. The van der Waals surface area contributed by atoms with Crippen LogP contribution in [0.3, 0.4) is 0 Å². The van der Waals surface area contributed by atoms with Crippen LogP contribution in [-0.2, 0) is 4.79 Å². The number of nitrogens with zero attached hydrogens (tertiary/aromatic N) is 1. The van der Waals surface area contributed by atoms with Gasteiger partial charge < -0.3 is 10.6 Å². The lowest BCUT2D eigenvalue weighted by molar-refractivity contribution is -0.112. The summed E-state index contributed by atoms with van der Waals surface area (Å²) in [5.41, 5.74) is 1.44. The van der Waals surface area contributed by atoms with Crippen LogP contribution in [0.2, 0.25) is 5.02 Å². The largest absolute Gasteiger partial charge is 0.390 e. The van der Waals surface area contributed by atoms with Crippen LogP contribution in [0, 0.1) is 18.3 Å². The normalized spacial score (nSPS) is 10.9. The first-order chi connectivity index (χ1) is 10.1. The lowest BCUT2D eigenvalue weighted by Gasteiger charge is -2.09. The van der Waals surface area contributed by atoms with Crippen LogP contribution in [0.5, 0.6) is 0 Å². The SMILES string of the molecule is CCCCCN/C=C(/C#N)C(=O)Nc1cccc(Cl)c1C. The van der Waals surface area contributed by atoms with Gasteiger partial charge in [0.1, 0.15) is 11.6 Å². The number of benzene rings is 1. The van der Waals surface area contributed by atoms with Crippen molar-refractivity contribution in [2.75, 3.05) is 11.9 Å². The van der Waals surface area contributed by atoms with Gasteiger partial charge in [0.15, 0.2) is 0 Å². The summed E-state index contributed by atoms with van der Waals surface area (Å²) in [7, 11) is 0. The third-order valence-electron chi connectivity index (χ3n) is 3.05. The van der Waals surface area contributed by atoms with E-state index in [-0.39, 0.29) is 5.57 Å². The van der Waals surface area contributed by atoms with Gasteiger partial charge in [0.2, 0.25) is 0 Å². The van der Waals surface area contributed by atoms with Crippen molar-refractivity contribution in [2.45, 2.75) is 33.1 Å². The predicted molar refractivity (Wildman–Crippen MR) is 86.0 cm³/mol. The molecule has 0 spiro atoms. The van der Waals surface area contributed by atoms with Crippen molar-refractivity contribution < 1.29 is 4.79 Å². The molecule has 1 rings (SSSR count). The van der Waals surface area contributed by atoms with Gasteiger partial charge in [-0.15, -0.1) is 0 Å². The van der Waals surface area contributed by atoms with Crippen LogP contribution < -0.4 is 10.6 Å². The van der Waals surface area contributed by atoms with Gasteiger partial charge in [-0.05, 0) is 31.0 Å². The van der Waals surface area contributed by atoms with Crippen molar-refractivity contribution in [1.29, 1.82) is 5.26 Å². The number of nitrogens with one attached hydrogen (secondary N) is 2. The second-order valence-corrected chi connectivity index (χ2v) is 5.10. The number of carbonyl (C=O) groups excluding carboxylic acids is 1. The number of anilines is 1. The Balaban J connectivity index is 2.65. The second kappa shape index (κ2) is 9.04. The average Bonchev–Trinajstić information content (AvgIpc) is 2.47. The first-order valence-corrected chi connectivity index (χ1v) is 7.38. The third-order valence-corrected chi connectivity index (χ3v) is 3.46. The molecular formula is C16H20ClN3O. The Kier molecular flexibility index (Phi) is 7.34. The predicted octanol–water partition coefficient (Wildman–Crippen LogP) is 3.77. The van der Waals surface area contributed by atoms with E-state index in [1.54, 1.807) is 18.2 Å². The van der Waals surface area contributed by atoms with Crippen molar-refractivity contribution in [2.24, 2.45) is 0 Å². The molecule has 2 N–H and O–H groups in total. The molecule has 0 radical (unpaired) electrons. The van der Waals surface area contributed by atoms with E-state index in [1.165, 1.54) is 6.20 Å². The van der Waals surface area contributed by atoms with Gasteiger partial charge in [-0.25, -0.2) is 0 Å². The Morgan fingerprint density at radius 3 is 2.86 bits per heavy atom. The highest BCUT2D eigenvalue weighted by Crippen LogP contribution is 2.23. The molecule has 0 heterocycles. The van der Waals surface area contributed by atoms with Gasteiger partial charge in [-0.3, -0.25) is 4.79 Å². The van der Waals surface area contributed by atoms with Crippen molar-refractivity contribution >= 4 is 23.2 Å². The molecule has 21 heavy (non-hydrogen) atoms. The fourth-order valence-corrected chi connectivity index (χ4v) is 1.91. The molecule has 0 aromatic heterocycles. The van der Waals surface area contributed by atoms with E-state index in [0.717, 1.165) is 31.4 Å². The van der Waals surface area contributed by atoms with Crippen molar-refractivity contribution in [3.63, 3.8) is 0 Å². The molecular weight excluding hydrogens is 286 g/mol. The standard InChI is InChI=1S/C16H20ClN3O/c1-3-4-5-9-19-11-13(10-18)16(21)20-15-8-6-7-14(17)12(15)2/h6-8,11,19H,3-5,9H2,1-2H3,(H,20,21)/b13-11-. The van der Waals surface area contributed by atoms with Gasteiger partial charge in [0.25, 0.3) is 5.91 Å². The maximum Gasteiger partial charge on any atom is 0.267 e. The first-order valence-electron chi connectivity index (χ1n) is 7.00. The second-order valence-electron chi connectivity index (χ2n) is 4.70. The van der Waals surface area contributed by atoms with E-state index in [2.05, 4.69) is 17.6 Å². The Hall–Kier alpha value is -1.99. The number of halogens is 1. The summed E-state index contributed by atoms with van der Waals surface area (Å²) < 4.78 is 0. The molecule has 0 atom stereocenters. The minimum Gasteiger partial charge on any atom is -0.390 e. The third kappa shape index (κ3) is 5.49. The number of carbonyl (C=O) groups is 1. The van der Waals surface area contributed by atoms with Gasteiger partial charge in [0, 0.05) is 23.5 Å². The molecule has 1 aromatic rings. The summed E-state index contributed by atoms with van der Waals surface area (Å²) in [6.45, 7) is 4.69. The number of nitriles is 1. The maximum absolute atomic E-state index is 12.0. The number of unbranched alkanes of at least 4 members (excludes halogenated alkanes) is 2. The zero-order chi connectivity index (χ0) is 15.7. The van der Waals surface area contributed by atoms with Crippen LogP contribution in [-0.4, -0.2) is 12.5 Å². The molecule has 0 unspecified atom stereocenters. The molecule has 0 bridgehead atoms. The van der Waals surface area contributed by atoms with Crippen LogP contribution in [0.4, 0.5) is 5.69 Å². The highest BCUT2D eigenvalue weighted by molar-refractivity contribution is 6.31. The Morgan fingerprint density at radius 1 is 1.43 bits per heavy atom. The highest BCUT2D eigenvalue weighted by atomic mass is 35.5. The average molecular weight is 306 g/mol. The Morgan fingerprint density at radius 2 is 2.19 bits per heavy atom. The van der Waals surface area contributed by atoms with E-state index in [4.69, 9.17) is 16.9 Å². The molecule has 4 nitrogen and oxygen atoms in total. The fourth-order valence-electron chi connectivity index (χ4n) is 1.73. The van der Waals surface area contributed by atoms with Gasteiger partial charge in [0.05, 0.1) is 0 Å². The van der Waals surface area contributed by atoms with Gasteiger partial charge in [-0.2, -0.15) is 5.26 Å². The fraction of sp³-hybridized carbons (Fsp3) is 0.375. The molecule has 0 saturated carbocycles. The molecule has 1 amide bonds. The van der Waals surface area contributed by atoms with Crippen LogP contribution in [0.1, 0.15) is 31.7 Å². The van der Waals surface area contributed by atoms with E-state index in [9.17, 15) is 4.79 Å². The summed E-state index contributed by atoms with van der Waals surface area (Å²) in [6.07, 6.45) is 4.73. The first kappa shape index (κ1) is 17.1. The number of hydrogen-bond donors (Lipinski definition) is 2. The molecule has 1 aromatic carbocycles. The van der Waals surface area contributed by atoms with E-state index < -0.39 is 5.91 Å². The smallest absolute Gasteiger partial charge is 0.267 e. The topological polar surface area (TPSA) is 64.9 Å². The minimum atomic E-state index is -0.439. The molecule has 5 heteroatoms. The number of rotatable bonds is 7. The zero-order valence-electron chi connectivity index (χ0n) is 12.4. The van der Waals surface area contributed by atoms with Crippen LogP contribution in [0.15, 0.2) is 30.0 Å². The quantitative estimate of drug-likeness (QED) is 0.458. The van der Waals surface area contributed by atoms with Crippen molar-refractivity contribution in [3.05, 3.63) is 40.6 Å². The number of hydrogen-bond acceptors (Lipinski definition) is 3. The minimum absolute atomic E-state index is 0.0471. The van der Waals surface area contributed by atoms with Gasteiger partial charge in [-0.1, -0.05) is 37.4 Å². The Bertz CT molecular complexity index is 561. The van der Waals surface area contributed by atoms with E-state index in [1.807, 2.05) is 13.0 Å². The summed E-state index contributed by atoms with van der Waals surface area (Å²) in [5.74, 6) is -0.439. The molecule has 0 aliphatic carbocycles.